The van der Waals surface area contributed by atoms with Gasteiger partial charge in [-0.2, -0.15) is 0 Å². The van der Waals surface area contributed by atoms with Crippen molar-refractivity contribution in [2.24, 2.45) is 5.41 Å². The van der Waals surface area contributed by atoms with Crippen molar-refractivity contribution in [3.8, 4) is 0 Å². The molecule has 1 saturated heterocycles. The summed E-state index contributed by atoms with van der Waals surface area (Å²) in [4.78, 5) is 0. The third-order valence-electron chi connectivity index (χ3n) is 3.49. The first kappa shape index (κ1) is 11.2. The molecule has 2 heteroatoms. The Labute approximate surface area is 100 Å². The number of halogens is 1. The van der Waals surface area contributed by atoms with Gasteiger partial charge in [0.05, 0.1) is 0 Å². The van der Waals surface area contributed by atoms with Gasteiger partial charge in [0, 0.05) is 16.9 Å². The summed E-state index contributed by atoms with van der Waals surface area (Å²) in [5.74, 6) is 0.628. The third kappa shape index (κ3) is 2.43. The van der Waals surface area contributed by atoms with Crippen LogP contribution in [-0.2, 0) is 0 Å². The number of benzene rings is 1. The minimum Gasteiger partial charge on any atom is -0.316 e. The van der Waals surface area contributed by atoms with Gasteiger partial charge >= 0.3 is 0 Å². The second-order valence-electron chi connectivity index (χ2n) is 5.05. The highest BCUT2D eigenvalue weighted by molar-refractivity contribution is 9.10. The van der Waals surface area contributed by atoms with Crippen LogP contribution < -0.4 is 5.32 Å². The van der Waals surface area contributed by atoms with Gasteiger partial charge < -0.3 is 5.32 Å². The monoisotopic (exact) mass is 267 g/mol. The summed E-state index contributed by atoms with van der Waals surface area (Å²) in [6, 6.07) is 8.71. The van der Waals surface area contributed by atoms with Crippen LogP contribution in [0.3, 0.4) is 0 Å². The minimum atomic E-state index is 0.409. The molecule has 82 valence electrons. The summed E-state index contributed by atoms with van der Waals surface area (Å²) in [7, 11) is 0. The van der Waals surface area contributed by atoms with Crippen molar-refractivity contribution in [3.63, 3.8) is 0 Å². The Morgan fingerprint density at radius 1 is 1.40 bits per heavy atom. The highest BCUT2D eigenvalue weighted by atomic mass is 79.9. The normalized spacial score (nSPS) is 25.1. The Bertz CT molecular complexity index is 346. The summed E-state index contributed by atoms with van der Waals surface area (Å²) < 4.78 is 1.18. The first-order valence-corrected chi connectivity index (χ1v) is 6.35. The summed E-state index contributed by atoms with van der Waals surface area (Å²) in [5.41, 5.74) is 1.85. The fraction of sp³-hybridized carbons (Fsp3) is 0.538. The van der Waals surface area contributed by atoms with Gasteiger partial charge in [-0.25, -0.2) is 0 Å². The van der Waals surface area contributed by atoms with Gasteiger partial charge in [0.25, 0.3) is 0 Å². The lowest BCUT2D eigenvalue weighted by Crippen LogP contribution is -2.40. The van der Waals surface area contributed by atoms with Gasteiger partial charge in [0.15, 0.2) is 0 Å². The van der Waals surface area contributed by atoms with Crippen molar-refractivity contribution in [2.45, 2.75) is 26.2 Å². The lowest BCUT2D eigenvalue weighted by atomic mass is 9.71. The van der Waals surface area contributed by atoms with Gasteiger partial charge in [-0.05, 0) is 36.1 Å². The first-order valence-electron chi connectivity index (χ1n) is 5.56. The molecule has 1 aliphatic rings. The van der Waals surface area contributed by atoms with Crippen molar-refractivity contribution in [1.82, 2.24) is 5.32 Å². The molecule has 0 saturated carbocycles. The average molecular weight is 268 g/mol. The Morgan fingerprint density at radius 3 is 2.87 bits per heavy atom. The molecule has 0 aliphatic carbocycles. The Balaban J connectivity index is 2.29. The van der Waals surface area contributed by atoms with E-state index in [0.717, 1.165) is 13.1 Å². The molecule has 1 heterocycles. The minimum absolute atomic E-state index is 0.409. The fourth-order valence-electron chi connectivity index (χ4n) is 2.40. The van der Waals surface area contributed by atoms with E-state index in [0.29, 0.717) is 11.3 Å². The van der Waals surface area contributed by atoms with Crippen LogP contribution in [0.15, 0.2) is 28.7 Å². The number of piperidine rings is 1. The lowest BCUT2D eigenvalue weighted by Gasteiger charge is -2.39. The van der Waals surface area contributed by atoms with Crippen LogP contribution in [0.5, 0.6) is 0 Å². The molecule has 1 aromatic carbocycles. The molecule has 1 atom stereocenters. The first-order chi connectivity index (χ1) is 7.09. The van der Waals surface area contributed by atoms with Crippen molar-refractivity contribution < 1.29 is 0 Å². The lowest BCUT2D eigenvalue weighted by molar-refractivity contribution is 0.214. The Morgan fingerprint density at radius 2 is 2.20 bits per heavy atom. The zero-order valence-electron chi connectivity index (χ0n) is 9.39. The highest BCUT2D eigenvalue weighted by Gasteiger charge is 2.32. The summed E-state index contributed by atoms with van der Waals surface area (Å²) in [6.45, 7) is 7.00. The second-order valence-corrected chi connectivity index (χ2v) is 5.97. The van der Waals surface area contributed by atoms with Gasteiger partial charge in [0.2, 0.25) is 0 Å². The van der Waals surface area contributed by atoms with Crippen LogP contribution >= 0.6 is 15.9 Å². The molecule has 1 aromatic rings. The quantitative estimate of drug-likeness (QED) is 0.821. The molecule has 0 spiro atoms. The van der Waals surface area contributed by atoms with E-state index in [1.54, 1.807) is 0 Å². The molecule has 1 aliphatic heterocycles. The topological polar surface area (TPSA) is 12.0 Å². The van der Waals surface area contributed by atoms with Crippen molar-refractivity contribution in [3.05, 3.63) is 34.3 Å². The third-order valence-corrected chi connectivity index (χ3v) is 3.98. The van der Waals surface area contributed by atoms with E-state index in [1.807, 2.05) is 0 Å². The predicted molar refractivity (Wildman–Crippen MR) is 68.2 cm³/mol. The molecule has 0 bridgehead atoms. The zero-order valence-corrected chi connectivity index (χ0v) is 11.0. The van der Waals surface area contributed by atoms with Gasteiger partial charge in [-0.15, -0.1) is 0 Å². The average Bonchev–Trinajstić information content (AvgIpc) is 2.17. The van der Waals surface area contributed by atoms with Crippen LogP contribution in [0.4, 0.5) is 0 Å². The van der Waals surface area contributed by atoms with E-state index < -0.39 is 0 Å². The summed E-state index contributed by atoms with van der Waals surface area (Å²) in [5, 5.41) is 3.49. The van der Waals surface area contributed by atoms with E-state index in [2.05, 4.69) is 59.4 Å². The molecule has 1 N–H and O–H groups in total. The molecular weight excluding hydrogens is 250 g/mol. The van der Waals surface area contributed by atoms with Gasteiger partial charge in [-0.3, -0.25) is 0 Å². The number of hydrogen-bond donors (Lipinski definition) is 1. The van der Waals surface area contributed by atoms with Gasteiger partial charge in [0.1, 0.15) is 0 Å². The molecule has 15 heavy (non-hydrogen) atoms. The van der Waals surface area contributed by atoms with Crippen LogP contribution in [0.25, 0.3) is 0 Å². The molecule has 0 amide bonds. The summed E-state index contributed by atoms with van der Waals surface area (Å²) in [6.07, 6.45) is 1.25. The molecule has 1 unspecified atom stereocenters. The van der Waals surface area contributed by atoms with Crippen molar-refractivity contribution >= 4 is 15.9 Å². The molecular formula is C13H18BrN. The maximum atomic E-state index is 3.55. The second kappa shape index (κ2) is 4.26. The molecule has 0 aromatic heterocycles. The maximum absolute atomic E-state index is 3.55. The molecule has 1 fully saturated rings. The van der Waals surface area contributed by atoms with Crippen LogP contribution in [0, 0.1) is 5.41 Å². The smallest absolute Gasteiger partial charge is 0.0178 e. The highest BCUT2D eigenvalue weighted by Crippen LogP contribution is 2.40. The Hall–Kier alpha value is -0.340. The van der Waals surface area contributed by atoms with Crippen LogP contribution in [0.2, 0.25) is 0 Å². The summed E-state index contributed by atoms with van der Waals surface area (Å²) >= 11 is 3.55. The van der Waals surface area contributed by atoms with E-state index in [9.17, 15) is 0 Å². The van der Waals surface area contributed by atoms with Crippen molar-refractivity contribution in [1.29, 1.82) is 0 Å². The molecule has 2 rings (SSSR count). The maximum Gasteiger partial charge on any atom is 0.0178 e. The molecule has 1 nitrogen and oxygen atoms in total. The standard InChI is InChI=1S/C13H18BrN/c1-13(2)6-7-15-9-12(13)10-4-3-5-11(14)8-10/h3-5,8,12,15H,6-7,9H2,1-2H3. The molecule has 0 radical (unpaired) electrons. The fourth-order valence-corrected chi connectivity index (χ4v) is 2.82. The van der Waals surface area contributed by atoms with E-state index in [-0.39, 0.29) is 0 Å². The van der Waals surface area contributed by atoms with E-state index in [4.69, 9.17) is 0 Å². The van der Waals surface area contributed by atoms with E-state index in [1.165, 1.54) is 16.5 Å². The van der Waals surface area contributed by atoms with Crippen LogP contribution in [-0.4, -0.2) is 13.1 Å². The van der Waals surface area contributed by atoms with E-state index >= 15 is 0 Å². The number of rotatable bonds is 1. The SMILES string of the molecule is CC1(C)CCNCC1c1cccc(Br)c1. The predicted octanol–water partition coefficient (Wildman–Crippen LogP) is 3.55. The number of hydrogen-bond acceptors (Lipinski definition) is 1. The van der Waals surface area contributed by atoms with Crippen LogP contribution in [0.1, 0.15) is 31.7 Å². The zero-order chi connectivity index (χ0) is 10.9. The van der Waals surface area contributed by atoms with Gasteiger partial charge in [-0.1, -0.05) is 41.9 Å². The number of nitrogens with one attached hydrogen (secondary N) is 1. The largest absolute Gasteiger partial charge is 0.316 e. The Kier molecular flexibility index (Phi) is 3.17. The van der Waals surface area contributed by atoms with Crippen molar-refractivity contribution in [2.75, 3.05) is 13.1 Å².